The first kappa shape index (κ1) is 12.3. The van der Waals surface area contributed by atoms with Gasteiger partial charge in [0, 0.05) is 11.8 Å². The van der Waals surface area contributed by atoms with Gasteiger partial charge in [-0.05, 0) is 13.0 Å². The largest absolute Gasteiger partial charge is 0.461 e. The number of aromatic amines is 1. The summed E-state index contributed by atoms with van der Waals surface area (Å²) in [5.41, 5.74) is 2.99. The molecule has 1 N–H and O–H groups in total. The van der Waals surface area contributed by atoms with Gasteiger partial charge in [-0.3, -0.25) is 4.79 Å². The van der Waals surface area contributed by atoms with Crippen molar-refractivity contribution >= 4 is 11.0 Å². The summed E-state index contributed by atoms with van der Waals surface area (Å²) in [4.78, 5) is 19.7. The number of hydrogen-bond acceptors (Lipinski definition) is 4. The number of nitrogens with one attached hydrogen (secondary N) is 1. The third kappa shape index (κ3) is 1.89. The molecular formula is C16H14N2O3. The Labute approximate surface area is 120 Å². The smallest absolute Gasteiger partial charge is 0.256 e. The summed E-state index contributed by atoms with van der Waals surface area (Å²) in [6.07, 6.45) is 0.668. The first-order valence-electron chi connectivity index (χ1n) is 6.92. The van der Waals surface area contributed by atoms with Crippen molar-refractivity contribution in [3.63, 3.8) is 0 Å². The van der Waals surface area contributed by atoms with E-state index in [1.54, 1.807) is 0 Å². The zero-order valence-corrected chi connectivity index (χ0v) is 11.6. The monoisotopic (exact) mass is 282 g/mol. The zero-order chi connectivity index (χ0) is 14.4. The third-order valence-corrected chi connectivity index (χ3v) is 3.84. The van der Waals surface area contributed by atoms with Gasteiger partial charge in [0.1, 0.15) is 17.2 Å². The molecular weight excluding hydrogens is 268 g/mol. The molecule has 2 aromatic heterocycles. The molecule has 0 spiro atoms. The van der Waals surface area contributed by atoms with Crippen LogP contribution in [0.15, 0.2) is 33.5 Å². The second kappa shape index (κ2) is 4.56. The number of fused-ring (bicyclic) bond motifs is 2. The molecule has 1 aromatic carbocycles. The Morgan fingerprint density at radius 3 is 3.05 bits per heavy atom. The van der Waals surface area contributed by atoms with Gasteiger partial charge in [0.25, 0.3) is 5.56 Å². The normalized spacial score (nSPS) is 14.3. The van der Waals surface area contributed by atoms with Gasteiger partial charge in [-0.1, -0.05) is 18.2 Å². The molecule has 0 saturated carbocycles. The number of para-hydroxylation sites is 1. The van der Waals surface area contributed by atoms with Gasteiger partial charge in [0.15, 0.2) is 0 Å². The van der Waals surface area contributed by atoms with Crippen LogP contribution in [0.2, 0.25) is 0 Å². The molecule has 3 heterocycles. The fourth-order valence-electron chi connectivity index (χ4n) is 2.82. The van der Waals surface area contributed by atoms with E-state index in [0.717, 1.165) is 28.0 Å². The third-order valence-electron chi connectivity index (χ3n) is 3.84. The maximum atomic E-state index is 12.2. The Hall–Kier alpha value is -2.40. The number of hydrogen-bond donors (Lipinski definition) is 1. The van der Waals surface area contributed by atoms with Crippen molar-refractivity contribution in [2.24, 2.45) is 0 Å². The lowest BCUT2D eigenvalue weighted by Crippen LogP contribution is -2.24. The minimum Gasteiger partial charge on any atom is -0.461 e. The summed E-state index contributed by atoms with van der Waals surface area (Å²) < 4.78 is 11.1. The minimum atomic E-state index is -0.126. The van der Waals surface area contributed by atoms with Crippen LogP contribution in [-0.4, -0.2) is 16.6 Å². The van der Waals surface area contributed by atoms with E-state index in [1.165, 1.54) is 0 Å². The Bertz CT molecular complexity index is 892. The highest BCUT2D eigenvalue weighted by atomic mass is 16.5. The standard InChI is InChI=1S/C16H14N2O3/c1-9-14(10-4-2-3-5-13(10)21-9)15-17-12-6-7-20-8-11(12)16(19)18-15/h2-5H,6-8H2,1H3,(H,17,18,19). The van der Waals surface area contributed by atoms with E-state index in [4.69, 9.17) is 9.15 Å². The Kier molecular flexibility index (Phi) is 2.68. The highest BCUT2D eigenvalue weighted by molar-refractivity contribution is 5.93. The molecule has 0 amide bonds. The van der Waals surface area contributed by atoms with Crippen LogP contribution in [0.3, 0.4) is 0 Å². The van der Waals surface area contributed by atoms with E-state index in [-0.39, 0.29) is 5.56 Å². The maximum absolute atomic E-state index is 12.2. The maximum Gasteiger partial charge on any atom is 0.256 e. The SMILES string of the molecule is Cc1oc2ccccc2c1-c1nc2c(c(=O)[nH]1)COCC2. The van der Waals surface area contributed by atoms with E-state index >= 15 is 0 Å². The number of aromatic nitrogens is 2. The highest BCUT2D eigenvalue weighted by Crippen LogP contribution is 2.32. The molecule has 5 nitrogen and oxygen atoms in total. The van der Waals surface area contributed by atoms with Crippen LogP contribution in [0.5, 0.6) is 0 Å². The van der Waals surface area contributed by atoms with Gasteiger partial charge in [-0.15, -0.1) is 0 Å². The van der Waals surface area contributed by atoms with Crippen molar-refractivity contribution < 1.29 is 9.15 Å². The van der Waals surface area contributed by atoms with E-state index in [9.17, 15) is 4.79 Å². The highest BCUT2D eigenvalue weighted by Gasteiger charge is 2.20. The number of H-pyrrole nitrogens is 1. The van der Waals surface area contributed by atoms with Crippen LogP contribution in [0.25, 0.3) is 22.4 Å². The second-order valence-electron chi connectivity index (χ2n) is 5.17. The van der Waals surface area contributed by atoms with Gasteiger partial charge < -0.3 is 14.1 Å². The molecule has 106 valence electrons. The van der Waals surface area contributed by atoms with Crippen molar-refractivity contribution in [1.82, 2.24) is 9.97 Å². The average Bonchev–Trinajstić information content (AvgIpc) is 2.83. The van der Waals surface area contributed by atoms with E-state index in [0.29, 0.717) is 31.0 Å². The van der Waals surface area contributed by atoms with Crippen molar-refractivity contribution in [2.45, 2.75) is 20.0 Å². The van der Waals surface area contributed by atoms with Gasteiger partial charge in [-0.2, -0.15) is 0 Å². The van der Waals surface area contributed by atoms with Crippen LogP contribution in [0.4, 0.5) is 0 Å². The summed E-state index contributed by atoms with van der Waals surface area (Å²) in [5, 5.41) is 0.963. The van der Waals surface area contributed by atoms with E-state index < -0.39 is 0 Å². The summed E-state index contributed by atoms with van der Waals surface area (Å²) in [6.45, 7) is 2.83. The minimum absolute atomic E-state index is 0.126. The molecule has 0 aliphatic carbocycles. The van der Waals surface area contributed by atoms with Crippen molar-refractivity contribution in [2.75, 3.05) is 6.61 Å². The molecule has 5 heteroatoms. The molecule has 0 fully saturated rings. The Morgan fingerprint density at radius 1 is 1.29 bits per heavy atom. The fraction of sp³-hybridized carbons (Fsp3) is 0.250. The molecule has 0 saturated heterocycles. The first-order valence-corrected chi connectivity index (χ1v) is 6.92. The van der Waals surface area contributed by atoms with Crippen molar-refractivity contribution in [1.29, 1.82) is 0 Å². The zero-order valence-electron chi connectivity index (χ0n) is 11.6. The molecule has 0 radical (unpaired) electrons. The molecule has 0 unspecified atom stereocenters. The summed E-state index contributed by atoms with van der Waals surface area (Å²) in [7, 11) is 0. The Balaban J connectivity index is 1.99. The average molecular weight is 282 g/mol. The van der Waals surface area contributed by atoms with E-state index in [2.05, 4.69) is 9.97 Å². The topological polar surface area (TPSA) is 68.1 Å². The number of nitrogens with zero attached hydrogens (tertiary/aromatic N) is 1. The van der Waals surface area contributed by atoms with Gasteiger partial charge in [0.2, 0.25) is 0 Å². The van der Waals surface area contributed by atoms with Crippen LogP contribution in [0, 0.1) is 6.92 Å². The molecule has 1 aliphatic rings. The molecule has 0 atom stereocenters. The first-order chi connectivity index (χ1) is 10.2. The molecule has 21 heavy (non-hydrogen) atoms. The summed E-state index contributed by atoms with van der Waals surface area (Å²) in [6, 6.07) is 7.76. The van der Waals surface area contributed by atoms with Crippen LogP contribution >= 0.6 is 0 Å². The number of ether oxygens (including phenoxy) is 1. The van der Waals surface area contributed by atoms with Gasteiger partial charge >= 0.3 is 0 Å². The van der Waals surface area contributed by atoms with E-state index in [1.807, 2.05) is 31.2 Å². The molecule has 3 aromatic rings. The summed E-state index contributed by atoms with van der Waals surface area (Å²) >= 11 is 0. The molecule has 0 bridgehead atoms. The van der Waals surface area contributed by atoms with Crippen molar-refractivity contribution in [3.05, 3.63) is 51.6 Å². The number of aryl methyl sites for hydroxylation is 1. The molecule has 4 rings (SSSR count). The lowest BCUT2D eigenvalue weighted by molar-refractivity contribution is 0.108. The van der Waals surface area contributed by atoms with Crippen LogP contribution in [0.1, 0.15) is 17.0 Å². The number of rotatable bonds is 1. The van der Waals surface area contributed by atoms with Crippen LogP contribution < -0.4 is 5.56 Å². The van der Waals surface area contributed by atoms with Crippen molar-refractivity contribution in [3.8, 4) is 11.4 Å². The Morgan fingerprint density at radius 2 is 2.14 bits per heavy atom. The van der Waals surface area contributed by atoms with Crippen LogP contribution in [-0.2, 0) is 17.8 Å². The predicted octanol–water partition coefficient (Wildman–Crippen LogP) is 2.56. The fourth-order valence-corrected chi connectivity index (χ4v) is 2.82. The number of benzene rings is 1. The number of furan rings is 1. The predicted molar refractivity (Wildman–Crippen MR) is 78.2 cm³/mol. The van der Waals surface area contributed by atoms with Gasteiger partial charge in [-0.25, -0.2) is 4.98 Å². The van der Waals surface area contributed by atoms with Gasteiger partial charge in [0.05, 0.1) is 30.0 Å². The molecule has 1 aliphatic heterocycles. The second-order valence-corrected chi connectivity index (χ2v) is 5.17. The quantitative estimate of drug-likeness (QED) is 0.744. The lowest BCUT2D eigenvalue weighted by Gasteiger charge is -2.15. The lowest BCUT2D eigenvalue weighted by atomic mass is 10.1. The summed E-state index contributed by atoms with van der Waals surface area (Å²) in [5.74, 6) is 1.33.